The van der Waals surface area contributed by atoms with Gasteiger partial charge in [0, 0.05) is 37.1 Å². The molecule has 0 spiro atoms. The Labute approximate surface area is 246 Å². The van der Waals surface area contributed by atoms with E-state index in [0.717, 1.165) is 12.8 Å². The molecule has 1 aliphatic heterocycles. The van der Waals surface area contributed by atoms with Crippen LogP contribution in [0.1, 0.15) is 38.3 Å². The number of anilines is 2. The van der Waals surface area contributed by atoms with E-state index in [1.54, 1.807) is 16.7 Å². The normalized spacial score (nSPS) is 18.1. The molecule has 1 atom stereocenters. The first-order chi connectivity index (χ1) is 19.9. The van der Waals surface area contributed by atoms with Gasteiger partial charge in [0.05, 0.1) is 27.2 Å². The fourth-order valence-electron chi connectivity index (χ4n) is 5.00. The van der Waals surface area contributed by atoms with Crippen molar-refractivity contribution in [3.05, 3.63) is 67.8 Å². The Balaban J connectivity index is 1.37. The van der Waals surface area contributed by atoms with E-state index < -0.39 is 44.9 Å². The Hall–Kier alpha value is -4.15. The molecule has 3 aromatic rings. The number of nitriles is 1. The third-order valence-corrected chi connectivity index (χ3v) is 9.77. The lowest BCUT2D eigenvalue weighted by atomic mass is 10.2. The van der Waals surface area contributed by atoms with Crippen molar-refractivity contribution < 1.29 is 18.0 Å². The number of benzene rings is 2. The molecule has 3 amide bonds. The van der Waals surface area contributed by atoms with E-state index in [1.807, 2.05) is 19.9 Å². The number of rotatable bonds is 6. The summed E-state index contributed by atoms with van der Waals surface area (Å²) in [6.45, 7) is 3.54. The third kappa shape index (κ3) is 5.77. The van der Waals surface area contributed by atoms with Crippen LogP contribution in [0.2, 0.25) is 5.02 Å². The van der Waals surface area contributed by atoms with Crippen molar-refractivity contribution in [3.8, 4) is 6.07 Å². The lowest BCUT2D eigenvalue weighted by molar-refractivity contribution is -0.116. The molecule has 2 heterocycles. The monoisotopic (exact) mass is 612 g/mol. The van der Waals surface area contributed by atoms with Crippen LogP contribution in [0.3, 0.4) is 0 Å². The minimum Gasteiger partial charge on any atom is -0.325 e. The Morgan fingerprint density at radius 3 is 2.43 bits per heavy atom. The van der Waals surface area contributed by atoms with Crippen molar-refractivity contribution in [3.63, 3.8) is 0 Å². The minimum atomic E-state index is -3.86. The van der Waals surface area contributed by atoms with E-state index >= 15 is 0 Å². The zero-order valence-corrected chi connectivity index (χ0v) is 24.5. The number of halogens is 1. The average Bonchev–Trinajstić information content (AvgIpc) is 3.75. The number of nitrogens with one attached hydrogen (secondary N) is 2. The summed E-state index contributed by atoms with van der Waals surface area (Å²) in [7, 11) is -3.86. The number of fused-ring (bicyclic) bond motifs is 1. The molecule has 2 aromatic carbocycles. The second kappa shape index (κ2) is 11.3. The largest absolute Gasteiger partial charge is 0.331 e. The van der Waals surface area contributed by atoms with Gasteiger partial charge in [0.15, 0.2) is 15.1 Å². The number of urea groups is 1. The molecule has 0 bridgehead atoms. The van der Waals surface area contributed by atoms with E-state index in [9.17, 15) is 27.6 Å². The van der Waals surface area contributed by atoms with Crippen LogP contribution in [0.25, 0.3) is 10.9 Å². The molecule has 1 saturated carbocycles. The topological polar surface area (TPSA) is 163 Å². The molecule has 12 nitrogen and oxygen atoms in total. The van der Waals surface area contributed by atoms with Crippen molar-refractivity contribution in [1.29, 1.82) is 5.26 Å². The Morgan fingerprint density at radius 1 is 1.10 bits per heavy atom. The second-order valence-corrected chi connectivity index (χ2v) is 13.6. The highest BCUT2D eigenvalue weighted by Crippen LogP contribution is 2.30. The van der Waals surface area contributed by atoms with Crippen molar-refractivity contribution in [2.45, 2.75) is 44.5 Å². The van der Waals surface area contributed by atoms with Crippen molar-refractivity contribution in [2.75, 3.05) is 29.5 Å². The molecule has 1 aromatic heterocycles. The summed E-state index contributed by atoms with van der Waals surface area (Å²) >= 11 is 6.02. The van der Waals surface area contributed by atoms with E-state index in [-0.39, 0.29) is 45.6 Å². The number of hydrogen-bond acceptors (Lipinski definition) is 7. The quantitative estimate of drug-likeness (QED) is 0.432. The molecule has 220 valence electrons. The molecular weight excluding hydrogens is 584 g/mol. The molecule has 1 saturated heterocycles. The maximum Gasteiger partial charge on any atom is 0.331 e. The lowest BCUT2D eigenvalue weighted by Crippen LogP contribution is -2.54. The summed E-state index contributed by atoms with van der Waals surface area (Å²) in [5, 5.41) is 13.1. The van der Waals surface area contributed by atoms with Gasteiger partial charge in [-0.1, -0.05) is 11.6 Å². The van der Waals surface area contributed by atoms with E-state index in [2.05, 4.69) is 10.6 Å². The molecule has 5 rings (SSSR count). The first kappa shape index (κ1) is 29.3. The molecule has 1 aliphatic carbocycles. The van der Waals surface area contributed by atoms with Gasteiger partial charge in [0.2, 0.25) is 5.91 Å². The standard InChI is InChI=1S/C28H29ClN6O6S/c1-16(2)35-23-8-7-19(11-21(23)26(37)34(28(35)39)14-17-3-4-17)32-27(38)33-9-10-42(40,41)24(15-33)25(36)31-20-6-5-18(13-30)22(29)12-20/h5-8,11-12,16-17,24H,3-4,9-10,14-15H2,1-2H3,(H,31,36)(H,32,38). The predicted octanol–water partition coefficient (Wildman–Crippen LogP) is 2.95. The zero-order valence-electron chi connectivity index (χ0n) is 23.0. The van der Waals surface area contributed by atoms with Crippen LogP contribution in [0.15, 0.2) is 46.0 Å². The highest BCUT2D eigenvalue weighted by Gasteiger charge is 2.40. The maximum atomic E-state index is 13.3. The van der Waals surface area contributed by atoms with E-state index in [0.29, 0.717) is 18.0 Å². The third-order valence-electron chi connectivity index (χ3n) is 7.48. The van der Waals surface area contributed by atoms with Crippen LogP contribution in [-0.2, 0) is 21.2 Å². The SMILES string of the molecule is CC(C)n1c(=O)n(CC2CC2)c(=O)c2cc(NC(=O)N3CCS(=O)(=O)C(C(=O)Nc4ccc(C#N)c(Cl)c4)C3)ccc21. The van der Waals surface area contributed by atoms with Gasteiger partial charge >= 0.3 is 11.7 Å². The summed E-state index contributed by atoms with van der Waals surface area (Å²) in [5.74, 6) is -0.954. The van der Waals surface area contributed by atoms with Gasteiger partial charge in [-0.15, -0.1) is 0 Å². The van der Waals surface area contributed by atoms with Crippen molar-refractivity contribution in [1.82, 2.24) is 14.0 Å². The summed E-state index contributed by atoms with van der Waals surface area (Å²) in [5.41, 5.74) is 0.355. The molecule has 42 heavy (non-hydrogen) atoms. The van der Waals surface area contributed by atoms with Crippen molar-refractivity contribution >= 4 is 55.7 Å². The van der Waals surface area contributed by atoms with Gasteiger partial charge in [-0.3, -0.25) is 18.7 Å². The minimum absolute atomic E-state index is 0.0999. The van der Waals surface area contributed by atoms with Crippen molar-refractivity contribution in [2.24, 2.45) is 5.92 Å². The number of carbonyl (C=O) groups is 2. The molecule has 2 aliphatic rings. The highest BCUT2D eigenvalue weighted by molar-refractivity contribution is 7.92. The van der Waals surface area contributed by atoms with E-state index in [1.165, 1.54) is 33.7 Å². The summed E-state index contributed by atoms with van der Waals surface area (Å²) < 4.78 is 28.3. The smallest absolute Gasteiger partial charge is 0.325 e. The predicted molar refractivity (Wildman–Crippen MR) is 159 cm³/mol. The fraction of sp³-hybridized carbons (Fsp3) is 0.393. The molecule has 2 N–H and O–H groups in total. The number of hydrogen-bond donors (Lipinski definition) is 2. The Kier molecular flexibility index (Phi) is 7.87. The number of sulfone groups is 1. The lowest BCUT2D eigenvalue weighted by Gasteiger charge is -2.32. The summed E-state index contributed by atoms with van der Waals surface area (Å²) in [4.78, 5) is 53.8. The molecule has 14 heteroatoms. The average molecular weight is 613 g/mol. The molecular formula is C28H29ClN6O6S. The van der Waals surface area contributed by atoms with Gasteiger partial charge in [-0.05, 0) is 69.0 Å². The Bertz CT molecular complexity index is 1870. The van der Waals surface area contributed by atoms with Gasteiger partial charge in [0.25, 0.3) is 5.56 Å². The van der Waals surface area contributed by atoms with Crippen LogP contribution < -0.4 is 21.9 Å². The van der Waals surface area contributed by atoms with Crippen LogP contribution in [0.5, 0.6) is 0 Å². The van der Waals surface area contributed by atoms with Crippen LogP contribution >= 0.6 is 11.6 Å². The van der Waals surface area contributed by atoms with Gasteiger partial charge in [-0.25, -0.2) is 18.0 Å². The first-order valence-electron chi connectivity index (χ1n) is 13.5. The van der Waals surface area contributed by atoms with Gasteiger partial charge < -0.3 is 15.5 Å². The molecule has 2 fully saturated rings. The maximum absolute atomic E-state index is 13.3. The van der Waals surface area contributed by atoms with Crippen LogP contribution in [0, 0.1) is 17.2 Å². The second-order valence-electron chi connectivity index (χ2n) is 10.9. The van der Waals surface area contributed by atoms with Gasteiger partial charge in [-0.2, -0.15) is 5.26 Å². The number of amides is 3. The number of carbonyl (C=O) groups excluding carboxylic acids is 2. The van der Waals surface area contributed by atoms with Crippen LogP contribution in [-0.4, -0.2) is 58.5 Å². The first-order valence-corrected chi connectivity index (χ1v) is 15.6. The highest BCUT2D eigenvalue weighted by atomic mass is 35.5. The molecule has 0 radical (unpaired) electrons. The van der Waals surface area contributed by atoms with Gasteiger partial charge in [0.1, 0.15) is 6.07 Å². The number of aromatic nitrogens is 2. The number of nitrogens with zero attached hydrogens (tertiary/aromatic N) is 4. The fourth-order valence-corrected chi connectivity index (χ4v) is 6.78. The Morgan fingerprint density at radius 2 is 1.79 bits per heavy atom. The summed E-state index contributed by atoms with van der Waals surface area (Å²) in [6, 6.07) is 9.92. The van der Waals surface area contributed by atoms with Crippen LogP contribution in [0.4, 0.5) is 16.2 Å². The van der Waals surface area contributed by atoms with E-state index in [4.69, 9.17) is 16.9 Å². The zero-order chi connectivity index (χ0) is 30.3. The molecule has 1 unspecified atom stereocenters. The summed E-state index contributed by atoms with van der Waals surface area (Å²) in [6.07, 6.45) is 1.93.